The first-order valence-corrected chi connectivity index (χ1v) is 5.71. The molecule has 0 atom stereocenters. The second kappa shape index (κ2) is 4.47. The molecule has 0 aliphatic heterocycles. The second-order valence-corrected chi connectivity index (χ2v) is 4.50. The molecule has 1 aromatic carbocycles. The summed E-state index contributed by atoms with van der Waals surface area (Å²) in [4.78, 5) is 20.3. The molecule has 0 amide bonds. The summed E-state index contributed by atoms with van der Waals surface area (Å²) >= 11 is 0. The SMILES string of the molecule is COC(=O)c1ccc([N+](=O)[O-])cc1S(N)(=O)=O. The molecule has 17 heavy (non-hydrogen) atoms. The van der Waals surface area contributed by atoms with Crippen molar-refractivity contribution in [2.75, 3.05) is 7.11 Å². The van der Waals surface area contributed by atoms with Crippen LogP contribution in [0.25, 0.3) is 0 Å². The Balaban J connectivity index is 3.54. The number of hydrogen-bond donors (Lipinski definition) is 1. The van der Waals surface area contributed by atoms with Crippen molar-refractivity contribution in [1.82, 2.24) is 0 Å². The van der Waals surface area contributed by atoms with E-state index in [1.54, 1.807) is 0 Å². The number of nitrogens with two attached hydrogens (primary N) is 1. The zero-order chi connectivity index (χ0) is 13.2. The predicted octanol–water partition coefficient (Wildman–Crippen LogP) is 0.0288. The molecule has 9 heteroatoms. The van der Waals surface area contributed by atoms with Crippen LogP contribution in [0.3, 0.4) is 0 Å². The topological polar surface area (TPSA) is 130 Å². The first-order valence-electron chi connectivity index (χ1n) is 4.17. The molecule has 0 fully saturated rings. The summed E-state index contributed by atoms with van der Waals surface area (Å²) in [6.07, 6.45) is 0. The molecule has 8 nitrogen and oxygen atoms in total. The standard InChI is InChI=1S/C8H8N2O6S/c1-16-8(11)6-3-2-5(10(12)13)4-7(6)17(9,14)15/h2-4H,1H3,(H2,9,14,15). The highest BCUT2D eigenvalue weighted by atomic mass is 32.2. The number of benzene rings is 1. The highest BCUT2D eigenvalue weighted by molar-refractivity contribution is 7.89. The van der Waals surface area contributed by atoms with Crippen molar-refractivity contribution in [3.8, 4) is 0 Å². The maximum absolute atomic E-state index is 11.3. The van der Waals surface area contributed by atoms with Gasteiger partial charge in [-0.3, -0.25) is 10.1 Å². The average molecular weight is 260 g/mol. The maximum atomic E-state index is 11.3. The number of non-ortho nitro benzene ring substituents is 1. The molecule has 0 unspecified atom stereocenters. The number of nitrogens with zero attached hydrogens (tertiary/aromatic N) is 1. The van der Waals surface area contributed by atoms with E-state index in [4.69, 9.17) is 5.14 Å². The summed E-state index contributed by atoms with van der Waals surface area (Å²) in [5.41, 5.74) is -0.831. The molecule has 0 aliphatic carbocycles. The van der Waals surface area contributed by atoms with Crippen molar-refractivity contribution in [3.63, 3.8) is 0 Å². The fraction of sp³-hybridized carbons (Fsp3) is 0.125. The summed E-state index contributed by atoms with van der Waals surface area (Å²) < 4.78 is 26.7. The van der Waals surface area contributed by atoms with Crippen molar-refractivity contribution in [1.29, 1.82) is 0 Å². The highest BCUT2D eigenvalue weighted by Crippen LogP contribution is 2.21. The van der Waals surface area contributed by atoms with E-state index in [2.05, 4.69) is 4.74 Å². The van der Waals surface area contributed by atoms with E-state index in [1.807, 2.05) is 0 Å². The molecule has 0 heterocycles. The number of methoxy groups -OCH3 is 1. The predicted molar refractivity (Wildman–Crippen MR) is 55.8 cm³/mol. The number of nitro groups is 1. The van der Waals surface area contributed by atoms with E-state index in [-0.39, 0.29) is 5.56 Å². The second-order valence-electron chi connectivity index (χ2n) is 2.97. The van der Waals surface area contributed by atoms with E-state index in [9.17, 15) is 23.3 Å². The van der Waals surface area contributed by atoms with Crippen molar-refractivity contribution >= 4 is 21.7 Å². The number of nitro benzene ring substituents is 1. The quantitative estimate of drug-likeness (QED) is 0.463. The summed E-state index contributed by atoms with van der Waals surface area (Å²) in [6, 6.07) is 2.67. The van der Waals surface area contributed by atoms with E-state index < -0.39 is 31.5 Å². The average Bonchev–Trinajstić information content (AvgIpc) is 2.26. The largest absolute Gasteiger partial charge is 0.465 e. The molecule has 2 N–H and O–H groups in total. The zero-order valence-electron chi connectivity index (χ0n) is 8.61. The number of esters is 1. The maximum Gasteiger partial charge on any atom is 0.339 e. The van der Waals surface area contributed by atoms with Crippen molar-refractivity contribution in [2.45, 2.75) is 4.90 Å². The van der Waals surface area contributed by atoms with Crippen LogP contribution < -0.4 is 5.14 Å². The third kappa shape index (κ3) is 2.77. The Morgan fingerprint density at radius 3 is 2.47 bits per heavy atom. The summed E-state index contributed by atoms with van der Waals surface area (Å²) in [5, 5.41) is 15.3. The molecule has 1 aromatic rings. The van der Waals surface area contributed by atoms with Crippen molar-refractivity contribution < 1.29 is 22.9 Å². The van der Waals surface area contributed by atoms with Crippen LogP contribution in [0.4, 0.5) is 5.69 Å². The van der Waals surface area contributed by atoms with Crippen molar-refractivity contribution in [2.24, 2.45) is 5.14 Å². The molecule has 92 valence electrons. The lowest BCUT2D eigenvalue weighted by atomic mass is 10.2. The first kappa shape index (κ1) is 13.1. The van der Waals surface area contributed by atoms with Gasteiger partial charge in [0.1, 0.15) is 4.90 Å². The van der Waals surface area contributed by atoms with Gasteiger partial charge in [0.2, 0.25) is 10.0 Å². The number of carbonyl (C=O) groups excluding carboxylic acids is 1. The van der Waals surface area contributed by atoms with Crippen LogP contribution in [0, 0.1) is 10.1 Å². The van der Waals surface area contributed by atoms with Gasteiger partial charge in [-0.1, -0.05) is 0 Å². The fourth-order valence-electron chi connectivity index (χ4n) is 1.14. The van der Waals surface area contributed by atoms with Crippen molar-refractivity contribution in [3.05, 3.63) is 33.9 Å². The minimum Gasteiger partial charge on any atom is -0.465 e. The Morgan fingerprint density at radius 2 is 2.06 bits per heavy atom. The number of rotatable bonds is 3. The van der Waals surface area contributed by atoms with Gasteiger partial charge in [-0.25, -0.2) is 18.4 Å². The number of carbonyl (C=O) groups is 1. The van der Waals surface area contributed by atoms with Gasteiger partial charge in [0.05, 0.1) is 17.6 Å². The number of primary sulfonamides is 1. The molecule has 0 saturated carbocycles. The molecular formula is C8H8N2O6S. The lowest BCUT2D eigenvalue weighted by Crippen LogP contribution is -2.17. The first-order chi connectivity index (χ1) is 7.77. The Morgan fingerprint density at radius 1 is 1.47 bits per heavy atom. The molecule has 0 saturated heterocycles. The third-order valence-electron chi connectivity index (χ3n) is 1.89. The van der Waals surface area contributed by atoms with Gasteiger partial charge < -0.3 is 4.74 Å². The van der Waals surface area contributed by atoms with Crippen LogP contribution in [0.1, 0.15) is 10.4 Å². The summed E-state index contributed by atoms with van der Waals surface area (Å²) in [7, 11) is -3.20. The van der Waals surface area contributed by atoms with E-state index in [0.29, 0.717) is 6.07 Å². The molecule has 0 radical (unpaired) electrons. The van der Waals surface area contributed by atoms with Gasteiger partial charge in [-0.05, 0) is 6.07 Å². The molecule has 0 aromatic heterocycles. The highest BCUT2D eigenvalue weighted by Gasteiger charge is 2.23. The van der Waals surface area contributed by atoms with Gasteiger partial charge in [0.25, 0.3) is 5.69 Å². The van der Waals surface area contributed by atoms with Crippen LogP contribution >= 0.6 is 0 Å². The zero-order valence-corrected chi connectivity index (χ0v) is 9.43. The van der Waals surface area contributed by atoms with Gasteiger partial charge in [0, 0.05) is 12.1 Å². The summed E-state index contributed by atoms with van der Waals surface area (Å²) in [5.74, 6) is -0.941. The smallest absolute Gasteiger partial charge is 0.339 e. The molecule has 0 spiro atoms. The lowest BCUT2D eigenvalue weighted by Gasteiger charge is -2.05. The fourth-order valence-corrected chi connectivity index (χ4v) is 1.88. The van der Waals surface area contributed by atoms with Gasteiger partial charge in [-0.2, -0.15) is 0 Å². The van der Waals surface area contributed by atoms with E-state index >= 15 is 0 Å². The summed E-state index contributed by atoms with van der Waals surface area (Å²) in [6.45, 7) is 0. The van der Waals surface area contributed by atoms with Gasteiger partial charge in [-0.15, -0.1) is 0 Å². The van der Waals surface area contributed by atoms with E-state index in [0.717, 1.165) is 19.2 Å². The Labute approximate surface area is 96.2 Å². The molecular weight excluding hydrogens is 252 g/mol. The lowest BCUT2D eigenvalue weighted by molar-refractivity contribution is -0.385. The number of hydrogen-bond acceptors (Lipinski definition) is 6. The molecule has 0 bridgehead atoms. The monoisotopic (exact) mass is 260 g/mol. The van der Waals surface area contributed by atoms with Gasteiger partial charge in [0.15, 0.2) is 0 Å². The van der Waals surface area contributed by atoms with Crippen LogP contribution in [-0.4, -0.2) is 26.4 Å². The Kier molecular flexibility index (Phi) is 3.44. The van der Waals surface area contributed by atoms with Crippen LogP contribution in [0.15, 0.2) is 23.1 Å². The van der Waals surface area contributed by atoms with Crippen LogP contribution in [-0.2, 0) is 14.8 Å². The normalized spacial score (nSPS) is 10.9. The van der Waals surface area contributed by atoms with Gasteiger partial charge >= 0.3 is 5.97 Å². The van der Waals surface area contributed by atoms with E-state index in [1.165, 1.54) is 0 Å². The number of ether oxygens (including phenoxy) is 1. The Bertz CT molecular complexity index is 580. The molecule has 0 aliphatic rings. The van der Waals surface area contributed by atoms with Crippen LogP contribution in [0.5, 0.6) is 0 Å². The minimum atomic E-state index is -4.25. The third-order valence-corrected chi connectivity index (χ3v) is 2.84. The number of sulfonamides is 1. The van der Waals surface area contributed by atoms with Crippen LogP contribution in [0.2, 0.25) is 0 Å². The molecule has 1 rings (SSSR count). The Hall–Kier alpha value is -2.00. The minimum absolute atomic E-state index is 0.347.